The molecular weight excluding hydrogens is 287 g/mol. The lowest BCUT2D eigenvalue weighted by Gasteiger charge is -2.16. The molecule has 3 amide bonds. The number of halogens is 3. The Morgan fingerprint density at radius 3 is 2.62 bits per heavy atom. The molecule has 0 aliphatic carbocycles. The smallest absolute Gasteiger partial charge is 0.325 e. The maximum atomic E-state index is 12.4. The number of carbonyl (C=O) groups is 2. The molecule has 5 nitrogen and oxygen atoms in total. The number of carbonyl (C=O) groups excluding carboxylic acids is 2. The summed E-state index contributed by atoms with van der Waals surface area (Å²) in [5.41, 5.74) is 0.821. The number of nitrogens with one attached hydrogen (secondary N) is 1. The van der Waals surface area contributed by atoms with Crippen LogP contribution in [-0.2, 0) is 4.79 Å². The van der Waals surface area contributed by atoms with Gasteiger partial charge in [-0.25, -0.2) is 9.69 Å². The number of imide groups is 1. The van der Waals surface area contributed by atoms with Crippen molar-refractivity contribution in [1.82, 2.24) is 5.32 Å². The third-order valence-electron chi connectivity index (χ3n) is 3.03. The zero-order valence-corrected chi connectivity index (χ0v) is 10.9. The van der Waals surface area contributed by atoms with Crippen molar-refractivity contribution in [2.24, 2.45) is 0 Å². The summed E-state index contributed by atoms with van der Waals surface area (Å²) in [6.45, 7) is 1.59. The third kappa shape index (κ3) is 2.97. The number of urea groups is 1. The van der Waals surface area contributed by atoms with Gasteiger partial charge in [-0.2, -0.15) is 18.4 Å². The number of alkyl halides is 3. The Labute approximate surface area is 118 Å². The molecule has 0 bridgehead atoms. The molecule has 1 aliphatic heterocycles. The number of benzene rings is 1. The summed E-state index contributed by atoms with van der Waals surface area (Å²) >= 11 is 0. The summed E-state index contributed by atoms with van der Waals surface area (Å²) in [6, 6.07) is 3.59. The van der Waals surface area contributed by atoms with Gasteiger partial charge in [-0.15, -0.1) is 0 Å². The lowest BCUT2D eigenvalue weighted by atomic mass is 10.1. The summed E-state index contributed by atoms with van der Waals surface area (Å²) in [6.07, 6.45) is -5.99. The Morgan fingerprint density at radius 1 is 1.38 bits per heavy atom. The summed E-state index contributed by atoms with van der Waals surface area (Å²) in [5.74, 6) is -0.976. The highest BCUT2D eigenvalue weighted by atomic mass is 19.4. The van der Waals surface area contributed by atoms with E-state index >= 15 is 0 Å². The second-order valence-electron chi connectivity index (χ2n) is 4.61. The van der Waals surface area contributed by atoms with E-state index in [9.17, 15) is 22.8 Å². The zero-order chi connectivity index (χ0) is 15.8. The number of anilines is 1. The van der Waals surface area contributed by atoms with E-state index in [0.717, 1.165) is 0 Å². The van der Waals surface area contributed by atoms with Crippen LogP contribution < -0.4 is 10.2 Å². The van der Waals surface area contributed by atoms with Gasteiger partial charge in [0.25, 0.3) is 5.91 Å². The van der Waals surface area contributed by atoms with Crippen molar-refractivity contribution in [3.63, 3.8) is 0 Å². The molecule has 1 heterocycles. The molecule has 1 unspecified atom stereocenters. The Hall–Kier alpha value is -2.56. The van der Waals surface area contributed by atoms with Crippen LogP contribution in [0.4, 0.5) is 23.7 Å². The highest BCUT2D eigenvalue weighted by molar-refractivity contribution is 6.21. The van der Waals surface area contributed by atoms with Crippen LogP contribution >= 0.6 is 0 Å². The monoisotopic (exact) mass is 297 g/mol. The molecule has 1 aromatic carbocycles. The third-order valence-corrected chi connectivity index (χ3v) is 3.03. The second-order valence-corrected chi connectivity index (χ2v) is 4.61. The van der Waals surface area contributed by atoms with E-state index in [1.165, 1.54) is 18.2 Å². The van der Waals surface area contributed by atoms with E-state index in [0.29, 0.717) is 10.5 Å². The molecule has 21 heavy (non-hydrogen) atoms. The van der Waals surface area contributed by atoms with Gasteiger partial charge in [0.05, 0.1) is 23.7 Å². The first-order valence-corrected chi connectivity index (χ1v) is 5.95. The minimum absolute atomic E-state index is 0.112. The maximum Gasteiger partial charge on any atom is 0.391 e. The van der Waals surface area contributed by atoms with E-state index in [2.05, 4.69) is 0 Å². The first-order chi connectivity index (χ1) is 9.73. The second kappa shape index (κ2) is 5.09. The molecule has 0 saturated carbocycles. The summed E-state index contributed by atoms with van der Waals surface area (Å²) in [5, 5.41) is 10.8. The molecule has 1 fully saturated rings. The molecule has 1 aromatic rings. The van der Waals surface area contributed by atoms with Crippen LogP contribution in [0, 0.1) is 18.3 Å². The minimum Gasteiger partial charge on any atom is -0.325 e. The van der Waals surface area contributed by atoms with Gasteiger partial charge in [0.1, 0.15) is 6.04 Å². The number of nitrogens with zero attached hydrogens (tertiary/aromatic N) is 2. The van der Waals surface area contributed by atoms with Crippen LogP contribution in [0.25, 0.3) is 0 Å². The SMILES string of the molecule is Cc1ccc(C#N)cc1N1C(=O)NC(CC(F)(F)F)C1=O. The lowest BCUT2D eigenvalue weighted by molar-refractivity contribution is -0.145. The van der Waals surface area contributed by atoms with E-state index in [4.69, 9.17) is 5.26 Å². The van der Waals surface area contributed by atoms with Crippen LogP contribution in [0.5, 0.6) is 0 Å². The quantitative estimate of drug-likeness (QED) is 0.851. The Kier molecular flexibility index (Phi) is 3.60. The lowest BCUT2D eigenvalue weighted by Crippen LogP contribution is -2.34. The number of nitriles is 1. The van der Waals surface area contributed by atoms with Crippen LogP contribution in [0.1, 0.15) is 17.5 Å². The van der Waals surface area contributed by atoms with Gasteiger partial charge in [-0.1, -0.05) is 6.07 Å². The molecule has 0 radical (unpaired) electrons. The molecule has 1 aliphatic rings. The molecule has 1 N–H and O–H groups in total. The zero-order valence-electron chi connectivity index (χ0n) is 10.9. The molecule has 1 saturated heterocycles. The minimum atomic E-state index is -4.56. The summed E-state index contributed by atoms with van der Waals surface area (Å²) in [7, 11) is 0. The topological polar surface area (TPSA) is 73.2 Å². The van der Waals surface area contributed by atoms with Crippen molar-refractivity contribution in [2.45, 2.75) is 25.6 Å². The van der Waals surface area contributed by atoms with Crippen LogP contribution in [0.15, 0.2) is 18.2 Å². The summed E-state index contributed by atoms with van der Waals surface area (Å²) < 4.78 is 37.1. The van der Waals surface area contributed by atoms with Gasteiger partial charge in [-0.3, -0.25) is 4.79 Å². The van der Waals surface area contributed by atoms with Gasteiger partial charge in [-0.05, 0) is 24.6 Å². The Morgan fingerprint density at radius 2 is 2.05 bits per heavy atom. The fourth-order valence-corrected chi connectivity index (χ4v) is 2.05. The predicted molar refractivity (Wildman–Crippen MR) is 66.4 cm³/mol. The largest absolute Gasteiger partial charge is 0.391 e. The van der Waals surface area contributed by atoms with Crippen molar-refractivity contribution in [3.8, 4) is 6.07 Å². The van der Waals surface area contributed by atoms with Gasteiger partial charge in [0.2, 0.25) is 0 Å². The van der Waals surface area contributed by atoms with E-state index in [-0.39, 0.29) is 11.3 Å². The molecule has 110 valence electrons. The van der Waals surface area contributed by atoms with Crippen molar-refractivity contribution < 1.29 is 22.8 Å². The maximum absolute atomic E-state index is 12.4. The molecule has 8 heteroatoms. The predicted octanol–water partition coefficient (Wildman–Crippen LogP) is 2.24. The Bertz CT molecular complexity index is 649. The van der Waals surface area contributed by atoms with Crippen molar-refractivity contribution in [2.75, 3.05) is 4.90 Å². The molecular formula is C13H10F3N3O2. The fourth-order valence-electron chi connectivity index (χ4n) is 2.05. The van der Waals surface area contributed by atoms with Crippen molar-refractivity contribution >= 4 is 17.6 Å². The average molecular weight is 297 g/mol. The number of hydrogen-bond donors (Lipinski definition) is 1. The first-order valence-electron chi connectivity index (χ1n) is 5.95. The van der Waals surface area contributed by atoms with Crippen molar-refractivity contribution in [1.29, 1.82) is 5.26 Å². The normalized spacial score (nSPS) is 18.6. The van der Waals surface area contributed by atoms with Crippen molar-refractivity contribution in [3.05, 3.63) is 29.3 Å². The number of hydrogen-bond acceptors (Lipinski definition) is 3. The van der Waals surface area contributed by atoms with E-state index in [1.807, 2.05) is 11.4 Å². The number of amides is 3. The standard InChI is InChI=1S/C13H10F3N3O2/c1-7-2-3-8(6-17)4-10(7)19-11(20)9(18-12(19)21)5-13(14,15)16/h2-4,9H,5H2,1H3,(H,18,21). The van der Waals surface area contributed by atoms with E-state index < -0.39 is 30.6 Å². The number of aryl methyl sites for hydroxylation is 1. The van der Waals surface area contributed by atoms with Gasteiger partial charge in [0, 0.05) is 0 Å². The van der Waals surface area contributed by atoms with Crippen LogP contribution in [0.3, 0.4) is 0 Å². The highest BCUT2D eigenvalue weighted by Gasteiger charge is 2.45. The summed E-state index contributed by atoms with van der Waals surface area (Å²) in [4.78, 5) is 24.4. The first kappa shape index (κ1) is 14.8. The molecule has 2 rings (SSSR count). The average Bonchev–Trinajstić information content (AvgIpc) is 2.63. The Balaban J connectivity index is 2.35. The molecule has 0 aromatic heterocycles. The molecule has 0 spiro atoms. The highest BCUT2D eigenvalue weighted by Crippen LogP contribution is 2.29. The van der Waals surface area contributed by atoms with Gasteiger partial charge < -0.3 is 5.32 Å². The fraction of sp³-hybridized carbons (Fsp3) is 0.308. The number of rotatable bonds is 2. The van der Waals surface area contributed by atoms with Crippen LogP contribution in [0.2, 0.25) is 0 Å². The van der Waals surface area contributed by atoms with Gasteiger partial charge >= 0.3 is 12.2 Å². The molecule has 1 atom stereocenters. The van der Waals surface area contributed by atoms with Crippen LogP contribution in [-0.4, -0.2) is 24.2 Å². The van der Waals surface area contributed by atoms with E-state index in [1.54, 1.807) is 6.92 Å². The van der Waals surface area contributed by atoms with Gasteiger partial charge in [0.15, 0.2) is 0 Å².